The second kappa shape index (κ2) is 9.18. The third-order valence-corrected chi connectivity index (χ3v) is 4.03. The first kappa shape index (κ1) is 17.3. The number of aliphatic imine (C=N–C) groups is 1. The van der Waals surface area contributed by atoms with Gasteiger partial charge < -0.3 is 15.5 Å². The van der Waals surface area contributed by atoms with Crippen molar-refractivity contribution in [2.45, 2.75) is 26.7 Å². The zero-order valence-electron chi connectivity index (χ0n) is 14.2. The summed E-state index contributed by atoms with van der Waals surface area (Å²) in [6.45, 7) is 7.62. The minimum absolute atomic E-state index is 0.0251. The largest absolute Gasteiger partial charge is 0.357 e. The van der Waals surface area contributed by atoms with Gasteiger partial charge in [-0.25, -0.2) is 4.99 Å². The number of guanidine groups is 1. The number of likely N-dealkylation sites (tertiary alicyclic amines) is 1. The number of hydrogen-bond donors (Lipinski definition) is 2. The van der Waals surface area contributed by atoms with Gasteiger partial charge in [-0.3, -0.25) is 4.79 Å². The first-order valence-electron chi connectivity index (χ1n) is 8.56. The van der Waals surface area contributed by atoms with Crippen LogP contribution in [-0.4, -0.2) is 49.5 Å². The molecular weight excluding hydrogens is 288 g/mol. The van der Waals surface area contributed by atoms with Crippen molar-refractivity contribution >= 4 is 11.9 Å². The predicted octanol–water partition coefficient (Wildman–Crippen LogP) is 1.65. The molecule has 2 rings (SSSR count). The smallest absolute Gasteiger partial charge is 0.241 e. The van der Waals surface area contributed by atoms with E-state index in [1.54, 1.807) is 0 Å². The lowest BCUT2D eigenvalue weighted by Crippen LogP contribution is -2.41. The quantitative estimate of drug-likeness (QED) is 0.620. The van der Waals surface area contributed by atoms with Crippen LogP contribution >= 0.6 is 0 Å². The summed E-state index contributed by atoms with van der Waals surface area (Å²) in [5.41, 5.74) is 1.39. The maximum absolute atomic E-state index is 11.6. The molecule has 1 amide bonds. The Kier molecular flexibility index (Phi) is 6.91. The average molecular weight is 316 g/mol. The summed E-state index contributed by atoms with van der Waals surface area (Å²) >= 11 is 0. The van der Waals surface area contributed by atoms with E-state index in [1.165, 1.54) is 12.0 Å². The normalized spacial score (nSPS) is 18.1. The fourth-order valence-corrected chi connectivity index (χ4v) is 2.96. The minimum Gasteiger partial charge on any atom is -0.357 e. The van der Waals surface area contributed by atoms with Crippen LogP contribution in [0.2, 0.25) is 0 Å². The van der Waals surface area contributed by atoms with Gasteiger partial charge in [0.2, 0.25) is 5.91 Å². The summed E-state index contributed by atoms with van der Waals surface area (Å²) < 4.78 is 0. The van der Waals surface area contributed by atoms with Gasteiger partial charge in [0.1, 0.15) is 6.54 Å². The van der Waals surface area contributed by atoms with E-state index in [-0.39, 0.29) is 12.5 Å². The van der Waals surface area contributed by atoms with Crippen LogP contribution in [0.15, 0.2) is 35.3 Å². The lowest BCUT2D eigenvalue weighted by Gasteiger charge is -2.21. The highest BCUT2D eigenvalue weighted by atomic mass is 16.1. The van der Waals surface area contributed by atoms with E-state index in [0.29, 0.717) is 12.5 Å². The molecule has 1 unspecified atom stereocenters. The molecular formula is C18H28N4O. The summed E-state index contributed by atoms with van der Waals surface area (Å²) in [5, 5.41) is 6.09. The number of nitrogens with one attached hydrogen (secondary N) is 2. The Morgan fingerprint density at radius 2 is 1.96 bits per heavy atom. The lowest BCUT2D eigenvalue weighted by atomic mass is 9.99. The number of rotatable bonds is 6. The Hall–Kier alpha value is -2.04. The number of carbonyl (C=O) groups is 1. The molecule has 1 saturated heterocycles. The molecule has 0 aromatic heterocycles. The van der Waals surface area contributed by atoms with E-state index in [4.69, 9.17) is 0 Å². The summed E-state index contributed by atoms with van der Waals surface area (Å²) in [7, 11) is 0. The summed E-state index contributed by atoms with van der Waals surface area (Å²) in [6.07, 6.45) is 2.27. The fraction of sp³-hybridized carbons (Fsp3) is 0.556. The van der Waals surface area contributed by atoms with Gasteiger partial charge >= 0.3 is 0 Å². The van der Waals surface area contributed by atoms with Gasteiger partial charge in [-0.05, 0) is 38.2 Å². The molecule has 1 atom stereocenters. The van der Waals surface area contributed by atoms with Gasteiger partial charge in [0, 0.05) is 26.2 Å². The Labute approximate surface area is 139 Å². The monoisotopic (exact) mass is 316 g/mol. The Bertz CT molecular complexity index is 515. The molecule has 1 aromatic rings. The van der Waals surface area contributed by atoms with Gasteiger partial charge in [0.15, 0.2) is 5.96 Å². The third kappa shape index (κ3) is 5.58. The van der Waals surface area contributed by atoms with Crippen LogP contribution in [0, 0.1) is 5.92 Å². The molecule has 0 spiro atoms. The molecule has 2 N–H and O–H groups in total. The first-order chi connectivity index (χ1) is 11.2. The highest BCUT2D eigenvalue weighted by Gasteiger charge is 2.25. The van der Waals surface area contributed by atoms with E-state index < -0.39 is 0 Å². The molecule has 5 nitrogen and oxygen atoms in total. The Morgan fingerprint density at radius 3 is 2.65 bits per heavy atom. The van der Waals surface area contributed by atoms with E-state index >= 15 is 0 Å². The highest BCUT2D eigenvalue weighted by molar-refractivity contribution is 5.85. The lowest BCUT2D eigenvalue weighted by molar-refractivity contribution is -0.119. The van der Waals surface area contributed by atoms with Crippen LogP contribution in [0.1, 0.15) is 25.8 Å². The van der Waals surface area contributed by atoms with Gasteiger partial charge in [-0.2, -0.15) is 0 Å². The molecule has 1 aromatic carbocycles. The summed E-state index contributed by atoms with van der Waals surface area (Å²) in [5.74, 6) is 1.47. The van der Waals surface area contributed by atoms with Gasteiger partial charge in [-0.1, -0.05) is 30.3 Å². The van der Waals surface area contributed by atoms with Crippen molar-refractivity contribution < 1.29 is 4.79 Å². The van der Waals surface area contributed by atoms with Crippen molar-refractivity contribution in [2.75, 3.05) is 32.7 Å². The van der Waals surface area contributed by atoms with Crippen molar-refractivity contribution in [3.8, 4) is 0 Å². The Morgan fingerprint density at radius 1 is 1.22 bits per heavy atom. The zero-order chi connectivity index (χ0) is 16.5. The first-order valence-corrected chi connectivity index (χ1v) is 8.56. The second-order valence-corrected chi connectivity index (χ2v) is 5.91. The van der Waals surface area contributed by atoms with E-state index in [9.17, 15) is 4.79 Å². The van der Waals surface area contributed by atoms with Crippen molar-refractivity contribution in [3.05, 3.63) is 35.9 Å². The third-order valence-electron chi connectivity index (χ3n) is 4.03. The molecule has 5 heteroatoms. The molecule has 1 heterocycles. The molecule has 1 aliphatic heterocycles. The highest BCUT2D eigenvalue weighted by Crippen LogP contribution is 2.20. The molecule has 0 radical (unpaired) electrons. The topological polar surface area (TPSA) is 56.7 Å². The summed E-state index contributed by atoms with van der Waals surface area (Å²) in [6, 6.07) is 10.6. The average Bonchev–Trinajstić information content (AvgIpc) is 3.01. The van der Waals surface area contributed by atoms with Crippen molar-refractivity contribution in [3.63, 3.8) is 0 Å². The zero-order valence-corrected chi connectivity index (χ0v) is 14.2. The van der Waals surface area contributed by atoms with E-state index in [0.717, 1.165) is 32.0 Å². The standard InChI is InChI=1S/C18H28N4O/c1-3-19-17(23)13-21-18(20-4-2)22-11-10-16(14-22)12-15-8-6-5-7-9-15/h5-9,16H,3-4,10-14H2,1-2H3,(H,19,23)(H,20,21). The Balaban J connectivity index is 1.90. The maximum atomic E-state index is 11.6. The molecule has 23 heavy (non-hydrogen) atoms. The maximum Gasteiger partial charge on any atom is 0.241 e. The van der Waals surface area contributed by atoms with Gasteiger partial charge in [-0.15, -0.1) is 0 Å². The van der Waals surface area contributed by atoms with Crippen LogP contribution in [0.4, 0.5) is 0 Å². The predicted molar refractivity (Wildman–Crippen MR) is 94.5 cm³/mol. The van der Waals surface area contributed by atoms with Crippen LogP contribution < -0.4 is 10.6 Å². The van der Waals surface area contributed by atoms with E-state index in [1.807, 2.05) is 6.92 Å². The van der Waals surface area contributed by atoms with Crippen LogP contribution in [-0.2, 0) is 11.2 Å². The molecule has 1 aliphatic rings. The molecule has 0 saturated carbocycles. The second-order valence-electron chi connectivity index (χ2n) is 5.91. The number of likely N-dealkylation sites (N-methyl/N-ethyl adjacent to an activating group) is 1. The van der Waals surface area contributed by atoms with Gasteiger partial charge in [0.05, 0.1) is 0 Å². The van der Waals surface area contributed by atoms with Gasteiger partial charge in [0.25, 0.3) is 0 Å². The van der Waals surface area contributed by atoms with Crippen molar-refractivity contribution in [1.29, 1.82) is 0 Å². The van der Waals surface area contributed by atoms with Crippen molar-refractivity contribution in [1.82, 2.24) is 15.5 Å². The molecule has 126 valence electrons. The molecule has 0 bridgehead atoms. The molecule has 0 aliphatic carbocycles. The number of amides is 1. The molecule has 1 fully saturated rings. The summed E-state index contributed by atoms with van der Waals surface area (Å²) in [4.78, 5) is 18.4. The van der Waals surface area contributed by atoms with Crippen LogP contribution in [0.3, 0.4) is 0 Å². The van der Waals surface area contributed by atoms with Crippen molar-refractivity contribution in [2.24, 2.45) is 10.9 Å². The SMILES string of the molecule is CCNC(=O)CN=C(NCC)N1CCC(Cc2ccccc2)C1. The minimum atomic E-state index is -0.0251. The fourth-order valence-electron chi connectivity index (χ4n) is 2.96. The van der Waals surface area contributed by atoms with Crippen LogP contribution in [0.5, 0.6) is 0 Å². The van der Waals surface area contributed by atoms with Crippen LogP contribution in [0.25, 0.3) is 0 Å². The number of carbonyl (C=O) groups excluding carboxylic acids is 1. The number of benzene rings is 1. The number of hydrogen-bond acceptors (Lipinski definition) is 2. The van der Waals surface area contributed by atoms with E-state index in [2.05, 4.69) is 57.8 Å². The number of nitrogens with zero attached hydrogens (tertiary/aromatic N) is 2.